The SMILES string of the molecule is N#CC1=C(N)Oc2c(oc(CO)cc2=O)[C@@H]1c1ccccc1OCc1ccc(Cl)cc1. The van der Waals surface area contributed by atoms with Crippen LogP contribution in [0.25, 0.3) is 0 Å². The summed E-state index contributed by atoms with van der Waals surface area (Å²) in [5.74, 6) is -0.524. The average molecular weight is 437 g/mol. The molecule has 2 heterocycles. The predicted molar refractivity (Wildman–Crippen MR) is 112 cm³/mol. The minimum Gasteiger partial charge on any atom is -0.489 e. The van der Waals surface area contributed by atoms with Crippen molar-refractivity contribution in [3.05, 3.63) is 104 Å². The molecule has 4 rings (SSSR count). The molecule has 31 heavy (non-hydrogen) atoms. The van der Waals surface area contributed by atoms with E-state index in [9.17, 15) is 15.2 Å². The molecule has 0 fully saturated rings. The van der Waals surface area contributed by atoms with E-state index in [4.69, 9.17) is 31.2 Å². The summed E-state index contributed by atoms with van der Waals surface area (Å²) in [6.07, 6.45) is 0. The van der Waals surface area contributed by atoms with E-state index in [-0.39, 0.29) is 35.3 Å². The Morgan fingerprint density at radius 2 is 1.94 bits per heavy atom. The normalized spacial score (nSPS) is 15.1. The molecule has 1 aliphatic heterocycles. The molecular formula is C23H17ClN2O5. The van der Waals surface area contributed by atoms with Crippen LogP contribution in [0.15, 0.2) is 75.3 Å². The van der Waals surface area contributed by atoms with Gasteiger partial charge in [-0.15, -0.1) is 0 Å². The molecule has 2 aromatic carbocycles. The van der Waals surface area contributed by atoms with Gasteiger partial charge in [0, 0.05) is 16.7 Å². The van der Waals surface area contributed by atoms with Crippen molar-refractivity contribution in [3.63, 3.8) is 0 Å². The highest BCUT2D eigenvalue weighted by Gasteiger charge is 2.36. The summed E-state index contributed by atoms with van der Waals surface area (Å²) in [4.78, 5) is 12.5. The van der Waals surface area contributed by atoms with Gasteiger partial charge in [0.1, 0.15) is 36.4 Å². The standard InChI is InChI=1S/C23H17ClN2O5/c24-14-7-5-13(6-8-14)12-29-19-4-2-1-3-16(19)20-17(10-25)23(26)31-21-18(28)9-15(11-27)30-22(20)21/h1-9,20,27H,11-12,26H2/t20-/m1/s1. The molecule has 0 saturated heterocycles. The molecule has 0 unspecified atom stereocenters. The lowest BCUT2D eigenvalue weighted by Gasteiger charge is -2.26. The van der Waals surface area contributed by atoms with Crippen LogP contribution >= 0.6 is 11.6 Å². The van der Waals surface area contributed by atoms with Crippen LogP contribution in [0.5, 0.6) is 11.5 Å². The van der Waals surface area contributed by atoms with Crippen molar-refractivity contribution >= 4 is 11.6 Å². The molecule has 1 aromatic heterocycles. The van der Waals surface area contributed by atoms with Crippen molar-refractivity contribution in [2.45, 2.75) is 19.1 Å². The molecule has 3 aromatic rings. The summed E-state index contributed by atoms with van der Waals surface area (Å²) in [7, 11) is 0. The zero-order chi connectivity index (χ0) is 22.0. The third-order valence-electron chi connectivity index (χ3n) is 4.82. The van der Waals surface area contributed by atoms with Gasteiger partial charge >= 0.3 is 0 Å². The van der Waals surface area contributed by atoms with E-state index in [2.05, 4.69) is 0 Å². The molecule has 156 valence electrons. The van der Waals surface area contributed by atoms with Gasteiger partial charge in [-0.05, 0) is 23.8 Å². The second-order valence-corrected chi connectivity index (χ2v) is 7.24. The van der Waals surface area contributed by atoms with Crippen LogP contribution in [-0.2, 0) is 13.2 Å². The average Bonchev–Trinajstić information content (AvgIpc) is 2.78. The molecule has 1 aliphatic rings. The number of rotatable bonds is 5. The number of halogens is 1. The third kappa shape index (κ3) is 3.99. The van der Waals surface area contributed by atoms with Crippen molar-refractivity contribution in [3.8, 4) is 17.6 Å². The van der Waals surface area contributed by atoms with Gasteiger partial charge in [0.2, 0.25) is 17.1 Å². The molecule has 0 bridgehead atoms. The second kappa shape index (κ2) is 8.56. The summed E-state index contributed by atoms with van der Waals surface area (Å²) in [6, 6.07) is 17.5. The summed E-state index contributed by atoms with van der Waals surface area (Å²) in [5.41, 5.74) is 6.99. The first-order chi connectivity index (χ1) is 15.0. The molecule has 0 saturated carbocycles. The number of nitrogens with zero attached hydrogens (tertiary/aromatic N) is 1. The fourth-order valence-corrected chi connectivity index (χ4v) is 3.49. The third-order valence-corrected chi connectivity index (χ3v) is 5.07. The Bertz CT molecular complexity index is 1260. The van der Waals surface area contributed by atoms with E-state index in [1.807, 2.05) is 18.2 Å². The highest BCUT2D eigenvalue weighted by molar-refractivity contribution is 6.30. The maximum atomic E-state index is 12.5. The number of allylic oxidation sites excluding steroid dienone is 1. The Kier molecular flexibility index (Phi) is 5.67. The number of hydrogen-bond acceptors (Lipinski definition) is 7. The first-order valence-electron chi connectivity index (χ1n) is 9.33. The number of fused-ring (bicyclic) bond motifs is 1. The van der Waals surface area contributed by atoms with Crippen LogP contribution in [0.1, 0.15) is 28.6 Å². The number of aliphatic hydroxyl groups excluding tert-OH is 1. The molecular weight excluding hydrogens is 420 g/mol. The number of hydrogen-bond donors (Lipinski definition) is 2. The molecule has 1 atom stereocenters. The number of nitriles is 1. The lowest BCUT2D eigenvalue weighted by Crippen LogP contribution is -2.25. The Morgan fingerprint density at radius 1 is 1.19 bits per heavy atom. The van der Waals surface area contributed by atoms with E-state index >= 15 is 0 Å². The number of benzene rings is 2. The van der Waals surface area contributed by atoms with E-state index in [1.165, 1.54) is 0 Å². The molecule has 3 N–H and O–H groups in total. The highest BCUT2D eigenvalue weighted by Crippen LogP contribution is 2.44. The molecule has 0 aliphatic carbocycles. The fraction of sp³-hybridized carbons (Fsp3) is 0.130. The van der Waals surface area contributed by atoms with Crippen LogP contribution in [0.3, 0.4) is 0 Å². The second-order valence-electron chi connectivity index (χ2n) is 6.81. The number of ether oxygens (including phenoxy) is 2. The van der Waals surface area contributed by atoms with Gasteiger partial charge in [0.15, 0.2) is 5.76 Å². The van der Waals surface area contributed by atoms with Crippen LogP contribution in [0.4, 0.5) is 0 Å². The number of aliphatic hydroxyl groups is 1. The summed E-state index contributed by atoms with van der Waals surface area (Å²) in [5, 5.41) is 19.8. The largest absolute Gasteiger partial charge is 0.489 e. The molecule has 7 nitrogen and oxygen atoms in total. The van der Waals surface area contributed by atoms with Crippen LogP contribution < -0.4 is 20.6 Å². The summed E-state index contributed by atoms with van der Waals surface area (Å²) >= 11 is 5.93. The van der Waals surface area contributed by atoms with Gasteiger partial charge in [-0.3, -0.25) is 4.79 Å². The Morgan fingerprint density at radius 3 is 2.65 bits per heavy atom. The van der Waals surface area contributed by atoms with Gasteiger partial charge in [0.25, 0.3) is 0 Å². The number of nitrogens with two attached hydrogens (primary N) is 1. The fourth-order valence-electron chi connectivity index (χ4n) is 3.37. The van der Waals surface area contributed by atoms with E-state index < -0.39 is 18.0 Å². The molecule has 0 radical (unpaired) electrons. The zero-order valence-electron chi connectivity index (χ0n) is 16.2. The Balaban J connectivity index is 1.80. The van der Waals surface area contributed by atoms with Crippen molar-refractivity contribution in [1.82, 2.24) is 0 Å². The summed E-state index contributed by atoms with van der Waals surface area (Å²) < 4.78 is 17.1. The lowest BCUT2D eigenvalue weighted by atomic mass is 9.87. The minimum atomic E-state index is -0.839. The van der Waals surface area contributed by atoms with E-state index in [0.717, 1.165) is 11.6 Å². The predicted octanol–water partition coefficient (Wildman–Crippen LogP) is 3.58. The maximum absolute atomic E-state index is 12.5. The maximum Gasteiger partial charge on any atom is 0.228 e. The quantitative estimate of drug-likeness (QED) is 0.627. The van der Waals surface area contributed by atoms with Crippen LogP contribution in [-0.4, -0.2) is 5.11 Å². The first-order valence-corrected chi connectivity index (χ1v) is 9.71. The van der Waals surface area contributed by atoms with Crippen LogP contribution in [0, 0.1) is 11.3 Å². The van der Waals surface area contributed by atoms with E-state index in [0.29, 0.717) is 16.3 Å². The Labute approximate surface area is 182 Å². The summed E-state index contributed by atoms with van der Waals surface area (Å²) in [6.45, 7) is -0.225. The van der Waals surface area contributed by atoms with Gasteiger partial charge in [0.05, 0.1) is 5.92 Å². The molecule has 0 amide bonds. The monoisotopic (exact) mass is 436 g/mol. The zero-order valence-corrected chi connectivity index (χ0v) is 16.9. The van der Waals surface area contributed by atoms with Crippen molar-refractivity contribution in [1.29, 1.82) is 5.26 Å². The van der Waals surface area contributed by atoms with Crippen molar-refractivity contribution in [2.24, 2.45) is 5.73 Å². The molecule has 8 heteroatoms. The van der Waals surface area contributed by atoms with Gasteiger partial charge < -0.3 is 24.7 Å². The number of para-hydroxylation sites is 1. The smallest absolute Gasteiger partial charge is 0.228 e. The van der Waals surface area contributed by atoms with Gasteiger partial charge in [-0.1, -0.05) is 41.9 Å². The highest BCUT2D eigenvalue weighted by atomic mass is 35.5. The van der Waals surface area contributed by atoms with E-state index in [1.54, 1.807) is 36.4 Å². The van der Waals surface area contributed by atoms with Gasteiger partial charge in [-0.25, -0.2) is 0 Å². The lowest BCUT2D eigenvalue weighted by molar-refractivity contribution is 0.231. The van der Waals surface area contributed by atoms with Crippen molar-refractivity contribution in [2.75, 3.05) is 0 Å². The van der Waals surface area contributed by atoms with Crippen LogP contribution in [0.2, 0.25) is 5.02 Å². The molecule has 0 spiro atoms. The minimum absolute atomic E-state index is 0.0506. The van der Waals surface area contributed by atoms with Gasteiger partial charge in [-0.2, -0.15) is 5.26 Å². The first kappa shape index (κ1) is 20.5. The Hall–Kier alpha value is -3.73. The topological polar surface area (TPSA) is 119 Å². The van der Waals surface area contributed by atoms with Crippen molar-refractivity contribution < 1.29 is 19.0 Å².